The van der Waals surface area contributed by atoms with Gasteiger partial charge in [0.15, 0.2) is 0 Å². The van der Waals surface area contributed by atoms with Crippen molar-refractivity contribution in [3.63, 3.8) is 0 Å². The van der Waals surface area contributed by atoms with Gasteiger partial charge in [-0.25, -0.2) is 0 Å². The van der Waals surface area contributed by atoms with Crippen LogP contribution < -0.4 is 24.0 Å². The summed E-state index contributed by atoms with van der Waals surface area (Å²) in [6.45, 7) is 2.19. The van der Waals surface area contributed by atoms with Crippen molar-refractivity contribution in [1.29, 1.82) is 0 Å². The number of fused-ring (bicyclic) bond motifs is 2. The zero-order chi connectivity index (χ0) is 17.4. The van der Waals surface area contributed by atoms with E-state index in [0.717, 1.165) is 12.1 Å². The molecule has 4 rings (SSSR count). The van der Waals surface area contributed by atoms with Crippen LogP contribution in [-0.2, 0) is 4.74 Å². The number of aryl methyl sites for hydroxylation is 1. The van der Waals surface area contributed by atoms with Gasteiger partial charge in [0.2, 0.25) is 0 Å². The van der Waals surface area contributed by atoms with Gasteiger partial charge in [0, 0.05) is 25.7 Å². The van der Waals surface area contributed by atoms with Crippen molar-refractivity contribution in [3.05, 3.63) is 71.3 Å². The van der Waals surface area contributed by atoms with Crippen molar-refractivity contribution in [2.24, 2.45) is 0 Å². The highest BCUT2D eigenvalue weighted by Gasteiger charge is 2.49. The lowest BCUT2D eigenvalue weighted by atomic mass is 9.94. The molecule has 2 unspecified atom stereocenters. The standard InChI is InChI=1S/C23H30NO.HI/c1-17-9-7-8-12-22(17)23(18-10-5-4-6-11-18)25-21-15-19-13-14-20(16-21)24(19,2)3;/h4-12,19-21,23H,13-16H2,1-3H3;1H/q+1;/p-1/t19-,20+,21?,23?;. The number of hydrogen-bond donors (Lipinski definition) is 0. The third-order valence-corrected chi connectivity index (χ3v) is 6.69. The molecule has 4 atom stereocenters. The van der Waals surface area contributed by atoms with Gasteiger partial charge >= 0.3 is 0 Å². The Kier molecular flexibility index (Phi) is 6.10. The zero-order valence-electron chi connectivity index (χ0n) is 16.1. The molecule has 2 fully saturated rings. The van der Waals surface area contributed by atoms with Crippen molar-refractivity contribution in [1.82, 2.24) is 0 Å². The summed E-state index contributed by atoms with van der Waals surface area (Å²) in [7, 11) is 4.82. The SMILES string of the molecule is Cc1ccccc1C(OC1C[C@H]2CC[C@@H](C1)[N+]2(C)C)c1ccccc1.[I-]. The summed E-state index contributed by atoms with van der Waals surface area (Å²) in [6, 6.07) is 20.9. The first-order valence-corrected chi connectivity index (χ1v) is 9.65. The van der Waals surface area contributed by atoms with Crippen molar-refractivity contribution < 1.29 is 33.2 Å². The molecule has 2 aliphatic rings. The quantitative estimate of drug-likeness (QED) is 0.497. The summed E-state index contributed by atoms with van der Waals surface area (Å²) in [4.78, 5) is 0. The lowest BCUT2D eigenvalue weighted by molar-refractivity contribution is -0.931. The molecule has 0 N–H and O–H groups in total. The second kappa shape index (κ2) is 7.99. The van der Waals surface area contributed by atoms with Gasteiger partial charge in [0.25, 0.3) is 0 Å². The molecule has 0 spiro atoms. The third kappa shape index (κ3) is 3.71. The molecule has 0 saturated carbocycles. The molecule has 26 heavy (non-hydrogen) atoms. The molecule has 2 aromatic carbocycles. The summed E-state index contributed by atoms with van der Waals surface area (Å²) in [5.74, 6) is 0. The van der Waals surface area contributed by atoms with E-state index in [0.29, 0.717) is 6.10 Å². The minimum absolute atomic E-state index is 0. The molecule has 3 heteroatoms. The molecule has 0 amide bonds. The van der Waals surface area contributed by atoms with Gasteiger partial charge in [0.05, 0.1) is 32.3 Å². The number of hydrogen-bond acceptors (Lipinski definition) is 1. The van der Waals surface area contributed by atoms with Crippen LogP contribution in [0.2, 0.25) is 0 Å². The highest BCUT2D eigenvalue weighted by molar-refractivity contribution is 5.35. The monoisotopic (exact) mass is 463 g/mol. The summed E-state index contributed by atoms with van der Waals surface area (Å²) in [5, 5.41) is 0. The Morgan fingerprint density at radius 1 is 0.885 bits per heavy atom. The van der Waals surface area contributed by atoms with Crippen LogP contribution >= 0.6 is 0 Å². The van der Waals surface area contributed by atoms with Gasteiger partial charge in [0.1, 0.15) is 6.10 Å². The van der Waals surface area contributed by atoms with E-state index in [2.05, 4.69) is 75.6 Å². The number of nitrogens with zero attached hydrogens (tertiary/aromatic N) is 1. The van der Waals surface area contributed by atoms with Crippen LogP contribution in [0.4, 0.5) is 0 Å². The van der Waals surface area contributed by atoms with E-state index in [4.69, 9.17) is 4.74 Å². The topological polar surface area (TPSA) is 9.23 Å². The lowest BCUT2D eigenvalue weighted by Gasteiger charge is -2.44. The fraction of sp³-hybridized carbons (Fsp3) is 0.478. The highest BCUT2D eigenvalue weighted by Crippen LogP contribution is 2.42. The fourth-order valence-electron chi connectivity index (χ4n) is 4.97. The average Bonchev–Trinajstić information content (AvgIpc) is 2.79. The molecule has 2 bridgehead atoms. The highest BCUT2D eigenvalue weighted by atomic mass is 127. The summed E-state index contributed by atoms with van der Waals surface area (Å²) in [5.41, 5.74) is 3.88. The molecule has 0 radical (unpaired) electrons. The lowest BCUT2D eigenvalue weighted by Crippen LogP contribution is -3.00. The molecule has 2 saturated heterocycles. The van der Waals surface area contributed by atoms with Crippen molar-refractivity contribution in [2.75, 3.05) is 14.1 Å². The number of quaternary nitrogens is 1. The van der Waals surface area contributed by atoms with E-state index >= 15 is 0 Å². The molecular weight excluding hydrogens is 433 g/mol. The second-order valence-electron chi connectivity index (χ2n) is 8.39. The fourth-order valence-corrected chi connectivity index (χ4v) is 4.97. The van der Waals surface area contributed by atoms with Crippen LogP contribution in [0.15, 0.2) is 54.6 Å². The third-order valence-electron chi connectivity index (χ3n) is 6.69. The minimum Gasteiger partial charge on any atom is -1.00 e. The minimum atomic E-state index is 0. The Labute approximate surface area is 175 Å². The van der Waals surface area contributed by atoms with Gasteiger partial charge in [-0.3, -0.25) is 0 Å². The van der Waals surface area contributed by atoms with E-state index in [9.17, 15) is 0 Å². The molecule has 2 aromatic rings. The number of piperidine rings is 1. The van der Waals surface area contributed by atoms with E-state index < -0.39 is 0 Å². The Bertz CT molecular complexity index is 714. The van der Waals surface area contributed by atoms with E-state index in [1.165, 1.54) is 46.9 Å². The summed E-state index contributed by atoms with van der Waals surface area (Å²) >= 11 is 0. The zero-order valence-corrected chi connectivity index (χ0v) is 18.2. The van der Waals surface area contributed by atoms with E-state index in [-0.39, 0.29) is 30.1 Å². The van der Waals surface area contributed by atoms with Crippen molar-refractivity contribution in [3.8, 4) is 0 Å². The first-order valence-electron chi connectivity index (χ1n) is 9.65. The van der Waals surface area contributed by atoms with Gasteiger partial charge in [-0.15, -0.1) is 0 Å². The Balaban J connectivity index is 0.00000196. The Hall–Kier alpha value is -0.910. The van der Waals surface area contributed by atoms with E-state index in [1.54, 1.807) is 0 Å². The van der Waals surface area contributed by atoms with Crippen LogP contribution in [0, 0.1) is 6.92 Å². The number of rotatable bonds is 4. The summed E-state index contributed by atoms with van der Waals surface area (Å²) < 4.78 is 8.00. The van der Waals surface area contributed by atoms with Gasteiger partial charge in [-0.05, 0) is 23.6 Å². The summed E-state index contributed by atoms with van der Waals surface area (Å²) in [6.07, 6.45) is 5.52. The molecule has 0 aliphatic carbocycles. The average molecular weight is 463 g/mol. The molecule has 0 aromatic heterocycles. The van der Waals surface area contributed by atoms with Crippen LogP contribution in [-0.4, -0.2) is 36.8 Å². The maximum atomic E-state index is 6.81. The maximum Gasteiger partial charge on any atom is 0.108 e. The number of halogens is 1. The molecule has 2 heterocycles. The number of ether oxygens (including phenoxy) is 1. The van der Waals surface area contributed by atoms with Gasteiger partial charge in [-0.2, -0.15) is 0 Å². The second-order valence-corrected chi connectivity index (χ2v) is 8.39. The first kappa shape index (κ1) is 19.8. The van der Waals surface area contributed by atoms with Gasteiger partial charge < -0.3 is 33.2 Å². The molecule has 2 nitrogen and oxygen atoms in total. The smallest absolute Gasteiger partial charge is 0.108 e. The van der Waals surface area contributed by atoms with Crippen LogP contribution in [0.3, 0.4) is 0 Å². The van der Waals surface area contributed by atoms with E-state index in [1.807, 2.05) is 0 Å². The Morgan fingerprint density at radius 3 is 2.08 bits per heavy atom. The van der Waals surface area contributed by atoms with Crippen LogP contribution in [0.1, 0.15) is 48.5 Å². The predicted molar refractivity (Wildman–Crippen MR) is 102 cm³/mol. The largest absolute Gasteiger partial charge is 1.00 e. The normalized spacial score (nSPS) is 27.6. The van der Waals surface area contributed by atoms with Crippen molar-refractivity contribution in [2.45, 2.75) is 56.9 Å². The Morgan fingerprint density at radius 2 is 1.46 bits per heavy atom. The van der Waals surface area contributed by atoms with Crippen molar-refractivity contribution >= 4 is 0 Å². The van der Waals surface area contributed by atoms with Crippen LogP contribution in [0.25, 0.3) is 0 Å². The number of benzene rings is 2. The first-order chi connectivity index (χ1) is 12.1. The van der Waals surface area contributed by atoms with Crippen LogP contribution in [0.5, 0.6) is 0 Å². The molecule has 140 valence electrons. The van der Waals surface area contributed by atoms with Gasteiger partial charge in [-0.1, -0.05) is 54.6 Å². The maximum absolute atomic E-state index is 6.81. The predicted octanol–water partition coefficient (Wildman–Crippen LogP) is 1.87. The molecular formula is C23H30INO. The molecule has 2 aliphatic heterocycles.